The van der Waals surface area contributed by atoms with Gasteiger partial charge in [0.05, 0.1) is 26.4 Å². The lowest BCUT2D eigenvalue weighted by Crippen LogP contribution is -2.59. The van der Waals surface area contributed by atoms with Gasteiger partial charge in [0, 0.05) is 6.54 Å². The fourth-order valence-electron chi connectivity index (χ4n) is 3.91. The molecule has 170 valence electrons. The van der Waals surface area contributed by atoms with Crippen LogP contribution < -0.4 is 5.32 Å². The van der Waals surface area contributed by atoms with Crippen molar-refractivity contribution in [3.05, 3.63) is 71.8 Å². The maximum atomic E-state index is 14.9. The van der Waals surface area contributed by atoms with Crippen molar-refractivity contribution in [2.75, 3.05) is 32.9 Å². The normalized spacial score (nSPS) is 22.1. The molecule has 2 saturated heterocycles. The molecule has 3 unspecified atom stereocenters. The highest BCUT2D eigenvalue weighted by molar-refractivity contribution is 5.78. The summed E-state index contributed by atoms with van der Waals surface area (Å²) >= 11 is 0. The van der Waals surface area contributed by atoms with E-state index >= 15 is 0 Å². The number of hydrogen-bond donors (Lipinski definition) is 1. The smallest absolute Gasteiger partial charge is 0.407 e. The standard InChI is InChI=1S/C23H26FN3O5/c24-20-15-30-12-11-26(20)27(21(28)16-31-14-17-7-3-1-4-8-17)22(18-9-5-2-6-10-18)19-13-25-23(29)32-19/h1-10,19-20,22H,11-16H2,(H,25,29). The largest absolute Gasteiger partial charge is 0.442 e. The van der Waals surface area contributed by atoms with E-state index in [0.29, 0.717) is 0 Å². The van der Waals surface area contributed by atoms with Crippen molar-refractivity contribution in [3.63, 3.8) is 0 Å². The summed E-state index contributed by atoms with van der Waals surface area (Å²) in [4.78, 5) is 25.2. The molecule has 2 heterocycles. The molecular formula is C23H26FN3O5. The van der Waals surface area contributed by atoms with E-state index in [-0.39, 0.29) is 39.5 Å². The molecule has 2 amide bonds. The number of halogens is 1. The van der Waals surface area contributed by atoms with Crippen LogP contribution in [0.4, 0.5) is 9.18 Å². The Kier molecular flexibility index (Phi) is 7.31. The summed E-state index contributed by atoms with van der Waals surface area (Å²) in [5, 5.41) is 5.32. The number of ether oxygens (including phenoxy) is 3. The van der Waals surface area contributed by atoms with Crippen molar-refractivity contribution < 1.29 is 28.2 Å². The van der Waals surface area contributed by atoms with Gasteiger partial charge in [0.2, 0.25) is 0 Å². The molecule has 0 aliphatic carbocycles. The van der Waals surface area contributed by atoms with Crippen molar-refractivity contribution in [1.82, 2.24) is 15.3 Å². The molecule has 2 aromatic rings. The number of carbonyl (C=O) groups excluding carboxylic acids is 2. The number of nitrogens with one attached hydrogen (secondary N) is 1. The summed E-state index contributed by atoms with van der Waals surface area (Å²) in [7, 11) is 0. The average molecular weight is 443 g/mol. The Morgan fingerprint density at radius 2 is 1.91 bits per heavy atom. The minimum Gasteiger partial charge on any atom is -0.442 e. The summed E-state index contributed by atoms with van der Waals surface area (Å²) in [6, 6.07) is 17.9. The second-order valence-electron chi connectivity index (χ2n) is 7.57. The maximum Gasteiger partial charge on any atom is 0.407 e. The number of benzene rings is 2. The van der Waals surface area contributed by atoms with Crippen LogP contribution in [0.2, 0.25) is 0 Å². The van der Waals surface area contributed by atoms with Crippen molar-refractivity contribution in [3.8, 4) is 0 Å². The Hall–Kier alpha value is -3.01. The van der Waals surface area contributed by atoms with Crippen molar-refractivity contribution >= 4 is 12.0 Å². The second-order valence-corrected chi connectivity index (χ2v) is 7.57. The zero-order valence-electron chi connectivity index (χ0n) is 17.6. The maximum absolute atomic E-state index is 14.9. The summed E-state index contributed by atoms with van der Waals surface area (Å²) in [5.74, 6) is -0.428. The second kappa shape index (κ2) is 10.5. The van der Waals surface area contributed by atoms with Crippen LogP contribution in [0.25, 0.3) is 0 Å². The Morgan fingerprint density at radius 1 is 1.19 bits per heavy atom. The number of hydrogen-bond acceptors (Lipinski definition) is 6. The molecule has 1 N–H and O–H groups in total. The van der Waals surface area contributed by atoms with Gasteiger partial charge in [-0.15, -0.1) is 0 Å². The van der Waals surface area contributed by atoms with Gasteiger partial charge in [-0.3, -0.25) is 9.80 Å². The van der Waals surface area contributed by atoms with E-state index in [9.17, 15) is 14.0 Å². The van der Waals surface area contributed by atoms with Crippen molar-refractivity contribution in [2.24, 2.45) is 0 Å². The van der Waals surface area contributed by atoms with Gasteiger partial charge in [0.25, 0.3) is 5.91 Å². The first-order valence-corrected chi connectivity index (χ1v) is 10.5. The summed E-state index contributed by atoms with van der Waals surface area (Å²) in [6.07, 6.45) is -2.77. The SMILES string of the molecule is O=C1NCC(C(c2ccccc2)N(C(=O)COCc2ccccc2)N2CCOCC2F)O1. The fourth-order valence-corrected chi connectivity index (χ4v) is 3.91. The lowest BCUT2D eigenvalue weighted by atomic mass is 10.0. The number of rotatable bonds is 8. The topological polar surface area (TPSA) is 80.3 Å². The van der Waals surface area contributed by atoms with Gasteiger partial charge in [0.1, 0.15) is 18.8 Å². The van der Waals surface area contributed by atoms with Crippen LogP contribution in [0.3, 0.4) is 0 Å². The van der Waals surface area contributed by atoms with Crippen LogP contribution in [0.1, 0.15) is 17.2 Å². The third-order valence-electron chi connectivity index (χ3n) is 5.38. The van der Waals surface area contributed by atoms with E-state index in [2.05, 4.69) is 5.32 Å². The van der Waals surface area contributed by atoms with Gasteiger partial charge in [-0.25, -0.2) is 9.18 Å². The number of carbonyl (C=O) groups is 2. The van der Waals surface area contributed by atoms with Crippen LogP contribution in [0, 0.1) is 0 Å². The van der Waals surface area contributed by atoms with Gasteiger partial charge in [-0.05, 0) is 11.1 Å². The first kappa shape index (κ1) is 22.2. The summed E-state index contributed by atoms with van der Waals surface area (Å²) < 4.78 is 31.3. The van der Waals surface area contributed by atoms with Crippen LogP contribution in [-0.2, 0) is 25.6 Å². The number of cyclic esters (lactones) is 1. The number of alkyl halides is 1. The first-order chi connectivity index (χ1) is 15.6. The fraction of sp³-hybridized carbons (Fsp3) is 0.391. The number of morpholine rings is 1. The zero-order valence-corrected chi connectivity index (χ0v) is 17.6. The predicted molar refractivity (Wildman–Crippen MR) is 113 cm³/mol. The molecular weight excluding hydrogens is 417 g/mol. The summed E-state index contributed by atoms with van der Waals surface area (Å²) in [5.41, 5.74) is 1.65. The Balaban J connectivity index is 1.60. The molecule has 2 aliphatic rings. The van der Waals surface area contributed by atoms with Gasteiger partial charge in [-0.1, -0.05) is 60.7 Å². The molecule has 8 nitrogen and oxygen atoms in total. The van der Waals surface area contributed by atoms with E-state index in [4.69, 9.17) is 14.2 Å². The number of alkyl carbamates (subject to hydrolysis) is 1. The van der Waals surface area contributed by atoms with E-state index in [0.717, 1.165) is 11.1 Å². The number of nitrogens with zero attached hydrogens (tertiary/aromatic N) is 2. The monoisotopic (exact) mass is 443 g/mol. The molecule has 32 heavy (non-hydrogen) atoms. The minimum atomic E-state index is -1.52. The molecule has 4 rings (SSSR count). The van der Waals surface area contributed by atoms with Crippen LogP contribution in [0.15, 0.2) is 60.7 Å². The molecule has 0 saturated carbocycles. The zero-order chi connectivity index (χ0) is 22.3. The van der Waals surface area contributed by atoms with Crippen LogP contribution in [0.5, 0.6) is 0 Å². The molecule has 2 fully saturated rings. The molecule has 2 aliphatic heterocycles. The Labute approximate surface area is 185 Å². The van der Waals surface area contributed by atoms with Gasteiger partial charge >= 0.3 is 6.09 Å². The molecule has 0 aromatic heterocycles. The van der Waals surface area contributed by atoms with Crippen molar-refractivity contribution in [1.29, 1.82) is 0 Å². The molecule has 0 bridgehead atoms. The average Bonchev–Trinajstić information content (AvgIpc) is 3.25. The Bertz CT molecular complexity index is 901. The lowest BCUT2D eigenvalue weighted by molar-refractivity contribution is -0.207. The van der Waals surface area contributed by atoms with Crippen LogP contribution >= 0.6 is 0 Å². The molecule has 0 radical (unpaired) electrons. The third-order valence-corrected chi connectivity index (χ3v) is 5.38. The highest BCUT2D eigenvalue weighted by Crippen LogP contribution is 2.31. The van der Waals surface area contributed by atoms with E-state index in [1.807, 2.05) is 60.7 Å². The summed E-state index contributed by atoms with van der Waals surface area (Å²) in [6.45, 7) is 0.504. The number of hydrazine groups is 1. The van der Waals surface area contributed by atoms with E-state index in [1.54, 1.807) is 0 Å². The van der Waals surface area contributed by atoms with E-state index < -0.39 is 30.4 Å². The van der Waals surface area contributed by atoms with Gasteiger partial charge in [0.15, 0.2) is 6.30 Å². The molecule has 2 aromatic carbocycles. The van der Waals surface area contributed by atoms with Gasteiger partial charge < -0.3 is 19.5 Å². The van der Waals surface area contributed by atoms with Gasteiger partial charge in [-0.2, -0.15) is 5.01 Å². The Morgan fingerprint density at radius 3 is 2.56 bits per heavy atom. The molecule has 9 heteroatoms. The first-order valence-electron chi connectivity index (χ1n) is 10.5. The quantitative estimate of drug-likeness (QED) is 0.632. The highest BCUT2D eigenvalue weighted by Gasteiger charge is 2.43. The predicted octanol–water partition coefficient (Wildman–Crippen LogP) is 2.42. The number of amides is 2. The highest BCUT2D eigenvalue weighted by atomic mass is 19.1. The molecule has 3 atom stereocenters. The van der Waals surface area contributed by atoms with Crippen LogP contribution in [-0.4, -0.2) is 67.3 Å². The third kappa shape index (κ3) is 5.24. The van der Waals surface area contributed by atoms with E-state index in [1.165, 1.54) is 10.0 Å². The van der Waals surface area contributed by atoms with Crippen molar-refractivity contribution in [2.45, 2.75) is 25.0 Å². The molecule has 0 spiro atoms. The minimum absolute atomic E-state index is 0.154. The lowest BCUT2D eigenvalue weighted by Gasteiger charge is -2.44.